The molecule has 1 aromatic carbocycles. The number of para-hydroxylation sites is 1. The Morgan fingerprint density at radius 3 is 2.57 bits per heavy atom. The molecular formula is C27H27N3O5. The van der Waals surface area contributed by atoms with Crippen LogP contribution in [-0.2, 0) is 25.7 Å². The Bertz CT molecular complexity index is 1440. The molecule has 0 aliphatic carbocycles. The number of β-amino-alcohol motifs (C(OH)–C–C–N with tert-alkyl or cyclic N) is 1. The zero-order valence-electron chi connectivity index (χ0n) is 19.8. The first-order valence-corrected chi connectivity index (χ1v) is 11.1. The van der Waals surface area contributed by atoms with Gasteiger partial charge in [-0.05, 0) is 44.1 Å². The van der Waals surface area contributed by atoms with Crippen molar-refractivity contribution >= 4 is 41.3 Å². The number of carbonyl (C=O) groups excluding carboxylic acids is 3. The van der Waals surface area contributed by atoms with Gasteiger partial charge in [-0.25, -0.2) is 4.79 Å². The van der Waals surface area contributed by atoms with Gasteiger partial charge in [0, 0.05) is 39.2 Å². The summed E-state index contributed by atoms with van der Waals surface area (Å²) in [6.45, 7) is 11.1. The van der Waals surface area contributed by atoms with Gasteiger partial charge in [0.25, 0.3) is 11.8 Å². The Morgan fingerprint density at radius 2 is 1.91 bits per heavy atom. The van der Waals surface area contributed by atoms with Crippen LogP contribution in [0, 0.1) is 11.3 Å². The van der Waals surface area contributed by atoms with Crippen LogP contribution in [0.1, 0.15) is 20.3 Å². The fourth-order valence-electron chi connectivity index (χ4n) is 3.96. The first kappa shape index (κ1) is 25.4. The lowest BCUT2D eigenvalue weighted by atomic mass is 9.95. The van der Waals surface area contributed by atoms with Crippen molar-refractivity contribution in [1.29, 1.82) is 5.26 Å². The number of aromatic nitrogens is 1. The van der Waals surface area contributed by atoms with E-state index >= 15 is 0 Å². The molecule has 3 rings (SSSR count). The first-order chi connectivity index (χ1) is 16.7. The molecule has 0 saturated carbocycles. The van der Waals surface area contributed by atoms with Gasteiger partial charge < -0.3 is 14.4 Å². The number of imide groups is 1. The van der Waals surface area contributed by atoms with E-state index in [4.69, 9.17) is 4.74 Å². The monoisotopic (exact) mass is 473 g/mol. The molecule has 0 radical (unpaired) electrons. The number of hydrogen-bond donors (Lipinski definition) is 1. The fourth-order valence-corrected chi connectivity index (χ4v) is 3.96. The lowest BCUT2D eigenvalue weighted by Crippen LogP contribution is -2.44. The molecule has 8 heteroatoms. The zero-order chi connectivity index (χ0) is 25.7. The number of aliphatic hydroxyl groups excluding tert-OH is 1. The number of aliphatic hydroxyl groups is 1. The van der Waals surface area contributed by atoms with Gasteiger partial charge in [-0.1, -0.05) is 31.4 Å². The summed E-state index contributed by atoms with van der Waals surface area (Å²) in [5, 5.41) is 21.2. The maximum absolute atomic E-state index is 13.0. The van der Waals surface area contributed by atoms with E-state index in [0.717, 1.165) is 26.4 Å². The molecule has 1 N–H and O–H groups in total. The Balaban J connectivity index is 2.07. The quantitative estimate of drug-likeness (QED) is 0.269. The molecule has 2 aromatic rings. The number of aryl methyl sites for hydroxylation is 1. The number of esters is 1. The normalized spacial score (nSPS) is 15.8. The summed E-state index contributed by atoms with van der Waals surface area (Å²) in [4.78, 5) is 38.0. The van der Waals surface area contributed by atoms with Gasteiger partial charge in [0.15, 0.2) is 0 Å². The summed E-state index contributed by atoms with van der Waals surface area (Å²) in [7, 11) is 0. The molecule has 0 bridgehead atoms. The molecular weight excluding hydrogens is 446 g/mol. The molecule has 8 nitrogen and oxygen atoms in total. The average Bonchev–Trinajstić information content (AvgIpc) is 3.10. The summed E-state index contributed by atoms with van der Waals surface area (Å²) in [6.07, 6.45) is 3.86. The minimum atomic E-state index is -0.711. The third-order valence-electron chi connectivity index (χ3n) is 5.78. The van der Waals surface area contributed by atoms with Crippen LogP contribution in [-0.4, -0.2) is 52.1 Å². The smallest absolute Gasteiger partial charge is 0.333 e. The second-order valence-electron chi connectivity index (χ2n) is 8.15. The van der Waals surface area contributed by atoms with E-state index < -0.39 is 24.4 Å². The fraction of sp³-hybridized carbons (Fsp3) is 0.259. The second kappa shape index (κ2) is 10.8. The van der Waals surface area contributed by atoms with Crippen LogP contribution >= 0.6 is 0 Å². The Hall–Kier alpha value is -4.22. The van der Waals surface area contributed by atoms with Crippen molar-refractivity contribution in [2.24, 2.45) is 0 Å². The van der Waals surface area contributed by atoms with Gasteiger partial charge in [-0.2, -0.15) is 5.26 Å². The van der Waals surface area contributed by atoms with Crippen molar-refractivity contribution in [3.05, 3.63) is 69.8 Å². The highest BCUT2D eigenvalue weighted by atomic mass is 16.5. The molecule has 2 amide bonds. The van der Waals surface area contributed by atoms with E-state index in [1.807, 2.05) is 34.9 Å². The number of nitriles is 1. The summed E-state index contributed by atoms with van der Waals surface area (Å²) in [6, 6.07) is 9.60. The Morgan fingerprint density at radius 1 is 1.20 bits per heavy atom. The molecule has 1 aliphatic heterocycles. The Labute approximate surface area is 203 Å². The largest absolute Gasteiger partial charge is 0.462 e. The van der Waals surface area contributed by atoms with Gasteiger partial charge in [0.2, 0.25) is 0 Å². The predicted molar refractivity (Wildman–Crippen MR) is 132 cm³/mol. The maximum atomic E-state index is 13.0. The van der Waals surface area contributed by atoms with Gasteiger partial charge in [-0.15, -0.1) is 0 Å². The number of nitrogens with zero attached hydrogens (tertiary/aromatic N) is 3. The summed E-state index contributed by atoms with van der Waals surface area (Å²) < 4.78 is 7.23. The Kier molecular flexibility index (Phi) is 7.84. The highest BCUT2D eigenvalue weighted by Crippen LogP contribution is 2.25. The van der Waals surface area contributed by atoms with Crippen LogP contribution in [0.25, 0.3) is 23.6 Å². The van der Waals surface area contributed by atoms with E-state index in [2.05, 4.69) is 13.2 Å². The number of hydrogen-bond acceptors (Lipinski definition) is 6. The predicted octanol–water partition coefficient (Wildman–Crippen LogP) is 1.47. The number of amides is 2. The molecule has 0 unspecified atom stereocenters. The molecule has 0 spiro atoms. The third-order valence-corrected chi connectivity index (χ3v) is 5.78. The van der Waals surface area contributed by atoms with Crippen molar-refractivity contribution < 1.29 is 24.2 Å². The lowest BCUT2D eigenvalue weighted by molar-refractivity contribution is -0.141. The molecule has 180 valence electrons. The van der Waals surface area contributed by atoms with Crippen LogP contribution in [0.5, 0.6) is 0 Å². The van der Waals surface area contributed by atoms with E-state index in [0.29, 0.717) is 18.5 Å². The zero-order valence-corrected chi connectivity index (χ0v) is 19.8. The lowest BCUT2D eigenvalue weighted by Gasteiger charge is -2.26. The number of carbonyl (C=O) groups is 3. The highest BCUT2D eigenvalue weighted by molar-refractivity contribution is 6.18. The van der Waals surface area contributed by atoms with E-state index in [1.165, 1.54) is 0 Å². The molecule has 1 aromatic heterocycles. The van der Waals surface area contributed by atoms with E-state index in [9.17, 15) is 24.8 Å². The van der Waals surface area contributed by atoms with Gasteiger partial charge in [0.1, 0.15) is 11.6 Å². The van der Waals surface area contributed by atoms with Gasteiger partial charge in [-0.3, -0.25) is 14.5 Å². The van der Waals surface area contributed by atoms with Crippen LogP contribution in [0.4, 0.5) is 0 Å². The summed E-state index contributed by atoms with van der Waals surface area (Å²) in [5.74, 6) is -1.72. The first-order valence-electron chi connectivity index (χ1n) is 11.1. The highest BCUT2D eigenvalue weighted by Gasteiger charge is 2.34. The van der Waals surface area contributed by atoms with Crippen molar-refractivity contribution in [1.82, 2.24) is 9.47 Å². The van der Waals surface area contributed by atoms with Crippen LogP contribution in [0.15, 0.2) is 59.2 Å². The number of rotatable bonds is 8. The second-order valence-corrected chi connectivity index (χ2v) is 8.15. The molecule has 0 saturated heterocycles. The number of benzene rings is 1. The van der Waals surface area contributed by atoms with Crippen molar-refractivity contribution in [3.63, 3.8) is 0 Å². The van der Waals surface area contributed by atoms with Crippen molar-refractivity contribution in [3.8, 4) is 6.07 Å². The number of ether oxygens (including phenoxy) is 1. The van der Waals surface area contributed by atoms with Crippen LogP contribution < -0.4 is 10.6 Å². The average molecular weight is 474 g/mol. The van der Waals surface area contributed by atoms with Crippen LogP contribution in [0.3, 0.4) is 0 Å². The van der Waals surface area contributed by atoms with E-state index in [-0.39, 0.29) is 29.9 Å². The maximum Gasteiger partial charge on any atom is 0.333 e. The minimum absolute atomic E-state index is 0.132. The summed E-state index contributed by atoms with van der Waals surface area (Å²) >= 11 is 0. The molecule has 1 aliphatic rings. The minimum Gasteiger partial charge on any atom is -0.462 e. The van der Waals surface area contributed by atoms with Gasteiger partial charge in [0.05, 0.1) is 19.8 Å². The summed E-state index contributed by atoms with van der Waals surface area (Å²) in [5.41, 5.74) is 1.62. The molecule has 35 heavy (non-hydrogen) atoms. The molecule has 2 heterocycles. The van der Waals surface area contributed by atoms with Crippen molar-refractivity contribution in [2.75, 3.05) is 19.8 Å². The standard InChI is InChI=1S/C27H27N3O5/c1-17(2)27(34)35-15-7-12-29-23(19(4)20-8-5-6-9-24(20)29)11-10-21-18(3)22(16-28)26(33)30(13-14-31)25(21)32/h5-6,8-11,31H,1,4,7,12-15H2,2-3H3/b21-10-,23-11-. The molecule has 0 atom stereocenters. The molecule has 0 fully saturated rings. The number of fused-ring (bicyclic) bond motifs is 1. The number of allylic oxidation sites excluding steroid dienone is 1. The SMILES string of the molecule is C=C(C)C(=O)OCCCn1/c(=C\C=C2/C(=O)N(CCO)C(=O)C(C#N)=C2C)c(=C)c2ccccc21. The van der Waals surface area contributed by atoms with Gasteiger partial charge >= 0.3 is 5.97 Å². The van der Waals surface area contributed by atoms with Crippen molar-refractivity contribution in [2.45, 2.75) is 26.8 Å². The third kappa shape index (κ3) is 5.00. The van der Waals surface area contributed by atoms with E-state index in [1.54, 1.807) is 26.0 Å². The topological polar surface area (TPSA) is 113 Å². The van der Waals surface area contributed by atoms with Crippen LogP contribution in [0.2, 0.25) is 0 Å².